The van der Waals surface area contributed by atoms with Crippen LogP contribution in [0.1, 0.15) is 39.7 Å². The molecule has 0 spiro atoms. The van der Waals surface area contributed by atoms with Crippen molar-refractivity contribution in [2.24, 2.45) is 0 Å². The van der Waals surface area contributed by atoms with Crippen LogP contribution in [0.15, 0.2) is 78.9 Å². The highest BCUT2D eigenvalue weighted by molar-refractivity contribution is 8.00. The van der Waals surface area contributed by atoms with Crippen molar-refractivity contribution < 1.29 is 14.4 Å². The third-order valence-corrected chi connectivity index (χ3v) is 7.39. The minimum Gasteiger partial charge on any atom is -0.322 e. The Hall–Kier alpha value is -3.58. The first kappa shape index (κ1) is 22.2. The van der Waals surface area contributed by atoms with Crippen LogP contribution in [0.5, 0.6) is 0 Å². The normalized spacial score (nSPS) is 17.9. The van der Waals surface area contributed by atoms with Gasteiger partial charge in [-0.15, -0.1) is 11.8 Å². The van der Waals surface area contributed by atoms with E-state index in [2.05, 4.69) is 5.32 Å². The van der Waals surface area contributed by atoms with Gasteiger partial charge in [0.15, 0.2) is 0 Å². The number of carbonyl (C=O) groups is 3. The van der Waals surface area contributed by atoms with E-state index in [9.17, 15) is 14.4 Å². The molecule has 0 radical (unpaired) electrons. The van der Waals surface area contributed by atoms with Gasteiger partial charge in [-0.25, -0.2) is 0 Å². The van der Waals surface area contributed by atoms with Crippen LogP contribution in [-0.2, 0) is 16.1 Å². The lowest BCUT2D eigenvalue weighted by Crippen LogP contribution is -2.27. The van der Waals surface area contributed by atoms with Crippen LogP contribution in [0.4, 0.5) is 11.4 Å². The third-order valence-electron chi connectivity index (χ3n) is 6.13. The zero-order chi connectivity index (χ0) is 23.5. The molecule has 0 aliphatic carbocycles. The van der Waals surface area contributed by atoms with Crippen molar-refractivity contribution in [2.45, 2.75) is 24.8 Å². The molecule has 6 nitrogen and oxygen atoms in total. The second-order valence-corrected chi connectivity index (χ2v) is 9.51. The van der Waals surface area contributed by atoms with E-state index in [0.29, 0.717) is 30.0 Å². The molecular formula is C27H25N3O3S. The fourth-order valence-corrected chi connectivity index (χ4v) is 5.52. The third kappa shape index (κ3) is 4.70. The van der Waals surface area contributed by atoms with Crippen molar-refractivity contribution in [1.82, 2.24) is 4.90 Å². The summed E-state index contributed by atoms with van der Waals surface area (Å²) in [5.74, 6) is 0.521. The Bertz CT molecular complexity index is 1200. The molecule has 1 N–H and O–H groups in total. The SMILES string of the molecule is O=C(Nc1ccc(N2CCCC2=O)cc1)c1ccc([C@@H]2SCC(=O)N2Cc2ccccc2)cc1. The molecule has 0 saturated carbocycles. The van der Waals surface area contributed by atoms with Gasteiger partial charge in [-0.2, -0.15) is 0 Å². The van der Waals surface area contributed by atoms with Crippen molar-refractivity contribution in [3.8, 4) is 0 Å². The van der Waals surface area contributed by atoms with E-state index >= 15 is 0 Å². The van der Waals surface area contributed by atoms with E-state index in [1.807, 2.05) is 71.6 Å². The lowest BCUT2D eigenvalue weighted by atomic mass is 10.1. The van der Waals surface area contributed by atoms with E-state index in [0.717, 1.165) is 29.8 Å². The Labute approximate surface area is 202 Å². The minimum atomic E-state index is -0.201. The number of anilines is 2. The average Bonchev–Trinajstić information content (AvgIpc) is 3.46. The van der Waals surface area contributed by atoms with Gasteiger partial charge in [0.05, 0.1) is 5.75 Å². The minimum absolute atomic E-state index is 0.0642. The number of benzene rings is 3. The Morgan fingerprint density at radius 1 is 0.912 bits per heavy atom. The molecule has 2 heterocycles. The highest BCUT2D eigenvalue weighted by Crippen LogP contribution is 2.39. The maximum atomic E-state index is 12.8. The second kappa shape index (κ2) is 9.73. The van der Waals surface area contributed by atoms with Gasteiger partial charge in [0, 0.05) is 36.4 Å². The monoisotopic (exact) mass is 471 g/mol. The van der Waals surface area contributed by atoms with Gasteiger partial charge in [0.25, 0.3) is 5.91 Å². The second-order valence-electron chi connectivity index (χ2n) is 8.44. The quantitative estimate of drug-likeness (QED) is 0.559. The highest BCUT2D eigenvalue weighted by Gasteiger charge is 2.32. The summed E-state index contributed by atoms with van der Waals surface area (Å²) in [5, 5.41) is 2.85. The van der Waals surface area contributed by atoms with Crippen LogP contribution in [0.3, 0.4) is 0 Å². The predicted molar refractivity (Wildman–Crippen MR) is 135 cm³/mol. The Morgan fingerprint density at radius 3 is 2.32 bits per heavy atom. The molecule has 2 aliphatic rings. The Kier molecular flexibility index (Phi) is 6.36. The Morgan fingerprint density at radius 2 is 1.65 bits per heavy atom. The molecule has 0 bridgehead atoms. The van der Waals surface area contributed by atoms with E-state index in [4.69, 9.17) is 0 Å². The van der Waals surface area contributed by atoms with E-state index < -0.39 is 0 Å². The summed E-state index contributed by atoms with van der Waals surface area (Å²) < 4.78 is 0. The van der Waals surface area contributed by atoms with Crippen LogP contribution >= 0.6 is 11.8 Å². The Balaban J connectivity index is 1.24. The number of hydrogen-bond acceptors (Lipinski definition) is 4. The van der Waals surface area contributed by atoms with Crippen LogP contribution in [0, 0.1) is 0 Å². The molecule has 0 unspecified atom stereocenters. The molecule has 1 atom stereocenters. The molecule has 34 heavy (non-hydrogen) atoms. The first-order chi connectivity index (χ1) is 16.6. The maximum Gasteiger partial charge on any atom is 0.255 e. The molecule has 7 heteroatoms. The number of carbonyl (C=O) groups excluding carboxylic acids is 3. The first-order valence-electron chi connectivity index (χ1n) is 11.4. The van der Waals surface area contributed by atoms with E-state index in [-0.39, 0.29) is 23.1 Å². The molecule has 172 valence electrons. The van der Waals surface area contributed by atoms with Crippen molar-refractivity contribution in [3.05, 3.63) is 95.6 Å². The molecule has 2 aliphatic heterocycles. The summed E-state index contributed by atoms with van der Waals surface area (Å²) in [6.45, 7) is 1.31. The van der Waals surface area contributed by atoms with Gasteiger partial charge in [0.2, 0.25) is 11.8 Å². The van der Waals surface area contributed by atoms with Crippen molar-refractivity contribution in [2.75, 3.05) is 22.5 Å². The van der Waals surface area contributed by atoms with Gasteiger partial charge in [-0.1, -0.05) is 42.5 Å². The summed E-state index contributed by atoms with van der Waals surface area (Å²) in [7, 11) is 0. The molecule has 3 aromatic carbocycles. The largest absolute Gasteiger partial charge is 0.322 e. The van der Waals surface area contributed by atoms with Gasteiger partial charge in [-0.3, -0.25) is 14.4 Å². The van der Waals surface area contributed by atoms with Gasteiger partial charge in [-0.05, 0) is 53.9 Å². The molecule has 3 aromatic rings. The summed E-state index contributed by atoms with van der Waals surface area (Å²) >= 11 is 1.61. The lowest BCUT2D eigenvalue weighted by molar-refractivity contribution is -0.128. The number of rotatable bonds is 6. The van der Waals surface area contributed by atoms with E-state index in [1.165, 1.54) is 0 Å². The van der Waals surface area contributed by atoms with Crippen LogP contribution in [0.25, 0.3) is 0 Å². The lowest BCUT2D eigenvalue weighted by Gasteiger charge is -2.24. The summed E-state index contributed by atoms with van der Waals surface area (Å²) in [5.41, 5.74) is 4.18. The summed E-state index contributed by atoms with van der Waals surface area (Å²) in [6.07, 6.45) is 1.47. The fourth-order valence-electron chi connectivity index (χ4n) is 4.33. The van der Waals surface area contributed by atoms with Crippen molar-refractivity contribution >= 4 is 40.9 Å². The maximum absolute atomic E-state index is 12.8. The molecule has 0 aromatic heterocycles. The highest BCUT2D eigenvalue weighted by atomic mass is 32.2. The fraction of sp³-hybridized carbons (Fsp3) is 0.222. The van der Waals surface area contributed by atoms with Gasteiger partial charge in [0.1, 0.15) is 5.37 Å². The molecule has 2 saturated heterocycles. The van der Waals surface area contributed by atoms with Gasteiger partial charge >= 0.3 is 0 Å². The zero-order valence-corrected chi connectivity index (χ0v) is 19.5. The number of nitrogens with zero attached hydrogens (tertiary/aromatic N) is 2. The van der Waals surface area contributed by atoms with Crippen molar-refractivity contribution in [3.63, 3.8) is 0 Å². The summed E-state index contributed by atoms with van der Waals surface area (Å²) in [6, 6.07) is 24.8. The summed E-state index contributed by atoms with van der Waals surface area (Å²) in [4.78, 5) is 40.8. The standard InChI is InChI=1S/C27H25N3O3S/c31-24-7-4-16-29(24)23-14-12-22(13-15-23)28-26(33)20-8-10-21(11-9-20)27-30(25(32)18-34-27)17-19-5-2-1-3-6-19/h1-3,5-6,8-15,27H,4,7,16-18H2,(H,28,33)/t27-/m0/s1. The molecule has 5 rings (SSSR count). The average molecular weight is 472 g/mol. The van der Waals surface area contributed by atoms with Gasteiger partial charge < -0.3 is 15.1 Å². The number of amides is 3. The molecule has 3 amide bonds. The van der Waals surface area contributed by atoms with Crippen LogP contribution in [-0.4, -0.2) is 34.9 Å². The predicted octanol–water partition coefficient (Wildman–Crippen LogP) is 4.84. The zero-order valence-electron chi connectivity index (χ0n) is 18.6. The molecule has 2 fully saturated rings. The number of hydrogen-bond donors (Lipinski definition) is 1. The van der Waals surface area contributed by atoms with Crippen LogP contribution < -0.4 is 10.2 Å². The smallest absolute Gasteiger partial charge is 0.255 e. The molecular weight excluding hydrogens is 446 g/mol. The topological polar surface area (TPSA) is 69.7 Å². The van der Waals surface area contributed by atoms with Crippen LogP contribution in [0.2, 0.25) is 0 Å². The number of thioether (sulfide) groups is 1. The van der Waals surface area contributed by atoms with E-state index in [1.54, 1.807) is 28.8 Å². The first-order valence-corrected chi connectivity index (χ1v) is 12.4. The number of nitrogens with one attached hydrogen (secondary N) is 1. The van der Waals surface area contributed by atoms with Crippen molar-refractivity contribution in [1.29, 1.82) is 0 Å².